The number of aryl methyl sites for hydroxylation is 1. The molecule has 5 rings (SSSR count). The maximum atomic E-state index is 14.1. The molecule has 4 heterocycles. The Balaban J connectivity index is 1.38. The fraction of sp³-hybridized carbons (Fsp3) is 0.414. The van der Waals surface area contributed by atoms with Crippen LogP contribution in [-0.4, -0.2) is 69.1 Å². The SMILES string of the molecule is CC(=O)N1CCN(C(=O)[C@@H]2CN(c3ccc(=O)n(C)n3)C[C@H]2c2ccc(Cl)cn2)CCC[C@H]1c1ccc(Cl)cc1. The highest BCUT2D eigenvalue weighted by atomic mass is 35.5. The smallest absolute Gasteiger partial charge is 0.266 e. The van der Waals surface area contributed by atoms with Crippen LogP contribution >= 0.6 is 23.2 Å². The Morgan fingerprint density at radius 3 is 2.35 bits per heavy atom. The van der Waals surface area contributed by atoms with E-state index in [1.165, 1.54) is 10.7 Å². The van der Waals surface area contributed by atoms with Crippen molar-refractivity contribution in [2.75, 3.05) is 37.6 Å². The largest absolute Gasteiger partial charge is 0.354 e. The number of aromatic nitrogens is 3. The van der Waals surface area contributed by atoms with Crippen molar-refractivity contribution in [2.24, 2.45) is 13.0 Å². The van der Waals surface area contributed by atoms with Gasteiger partial charge in [-0.2, -0.15) is 5.10 Å². The number of nitrogens with zero attached hydrogens (tertiary/aromatic N) is 6. The second-order valence-corrected chi connectivity index (χ2v) is 11.3. The molecule has 0 N–H and O–H groups in total. The van der Waals surface area contributed by atoms with Gasteiger partial charge in [-0.1, -0.05) is 35.3 Å². The van der Waals surface area contributed by atoms with Crippen LogP contribution in [0.15, 0.2) is 59.5 Å². The molecule has 2 aromatic heterocycles. The van der Waals surface area contributed by atoms with Crippen LogP contribution in [0.1, 0.15) is 43.0 Å². The Hall–Kier alpha value is -3.43. The lowest BCUT2D eigenvalue weighted by Crippen LogP contribution is -2.47. The van der Waals surface area contributed by atoms with Gasteiger partial charge >= 0.3 is 0 Å². The molecule has 2 amide bonds. The van der Waals surface area contributed by atoms with Gasteiger partial charge in [0.05, 0.1) is 17.0 Å². The molecular weight excluding hydrogens is 551 g/mol. The Morgan fingerprint density at radius 1 is 0.925 bits per heavy atom. The van der Waals surface area contributed by atoms with Crippen molar-refractivity contribution >= 4 is 40.8 Å². The van der Waals surface area contributed by atoms with Crippen molar-refractivity contribution in [3.05, 3.63) is 86.4 Å². The lowest BCUT2D eigenvalue weighted by molar-refractivity contribution is -0.139. The van der Waals surface area contributed by atoms with E-state index in [9.17, 15) is 14.4 Å². The lowest BCUT2D eigenvalue weighted by atomic mass is 9.90. The summed E-state index contributed by atoms with van der Waals surface area (Å²) < 4.78 is 1.30. The van der Waals surface area contributed by atoms with Crippen molar-refractivity contribution in [3.8, 4) is 0 Å². The number of benzene rings is 1. The van der Waals surface area contributed by atoms with E-state index in [0.29, 0.717) is 48.6 Å². The summed E-state index contributed by atoms with van der Waals surface area (Å²) >= 11 is 12.2. The van der Waals surface area contributed by atoms with Crippen LogP contribution in [0.4, 0.5) is 5.82 Å². The summed E-state index contributed by atoms with van der Waals surface area (Å²) in [6, 6.07) is 14.4. The van der Waals surface area contributed by atoms with Crippen LogP contribution < -0.4 is 10.5 Å². The van der Waals surface area contributed by atoms with E-state index >= 15 is 0 Å². The molecule has 3 aromatic rings. The topological polar surface area (TPSA) is 91.6 Å². The molecule has 0 unspecified atom stereocenters. The molecule has 0 aliphatic carbocycles. The molecule has 210 valence electrons. The Morgan fingerprint density at radius 2 is 1.68 bits per heavy atom. The minimum atomic E-state index is -0.370. The summed E-state index contributed by atoms with van der Waals surface area (Å²) in [5.74, 6) is 0.0929. The van der Waals surface area contributed by atoms with Crippen molar-refractivity contribution < 1.29 is 9.59 Å². The Kier molecular flexibility index (Phi) is 8.42. The highest BCUT2D eigenvalue weighted by Crippen LogP contribution is 2.36. The van der Waals surface area contributed by atoms with E-state index in [4.69, 9.17) is 23.2 Å². The van der Waals surface area contributed by atoms with Crippen LogP contribution in [0.3, 0.4) is 0 Å². The molecular formula is C29H32Cl2N6O3. The average molecular weight is 584 g/mol. The van der Waals surface area contributed by atoms with Crippen LogP contribution in [0.2, 0.25) is 10.0 Å². The number of hydrogen-bond donors (Lipinski definition) is 0. The monoisotopic (exact) mass is 582 g/mol. The zero-order valence-electron chi connectivity index (χ0n) is 22.5. The van der Waals surface area contributed by atoms with E-state index in [-0.39, 0.29) is 35.3 Å². The molecule has 3 atom stereocenters. The first-order chi connectivity index (χ1) is 19.2. The quantitative estimate of drug-likeness (QED) is 0.463. The molecule has 0 bridgehead atoms. The van der Waals surface area contributed by atoms with E-state index in [1.807, 2.05) is 45.0 Å². The van der Waals surface area contributed by atoms with Gasteiger partial charge in [-0.25, -0.2) is 4.68 Å². The minimum Gasteiger partial charge on any atom is -0.354 e. The van der Waals surface area contributed by atoms with Gasteiger partial charge < -0.3 is 14.7 Å². The fourth-order valence-corrected chi connectivity index (χ4v) is 6.03. The van der Waals surface area contributed by atoms with Crippen LogP contribution in [0, 0.1) is 5.92 Å². The van der Waals surface area contributed by atoms with Gasteiger partial charge in [0.2, 0.25) is 11.8 Å². The Labute approximate surface area is 243 Å². The summed E-state index contributed by atoms with van der Waals surface area (Å²) in [5.41, 5.74) is 1.64. The fourth-order valence-electron chi connectivity index (χ4n) is 5.80. The second-order valence-electron chi connectivity index (χ2n) is 10.4. The zero-order chi connectivity index (χ0) is 28.4. The van der Waals surface area contributed by atoms with Gasteiger partial charge in [0, 0.05) is 75.6 Å². The van der Waals surface area contributed by atoms with Crippen molar-refractivity contribution in [1.29, 1.82) is 0 Å². The van der Waals surface area contributed by atoms with Gasteiger partial charge in [-0.3, -0.25) is 19.4 Å². The van der Waals surface area contributed by atoms with Crippen molar-refractivity contribution in [2.45, 2.75) is 31.7 Å². The lowest BCUT2D eigenvalue weighted by Gasteiger charge is -2.37. The molecule has 11 heteroatoms. The van der Waals surface area contributed by atoms with Crippen molar-refractivity contribution in [1.82, 2.24) is 24.6 Å². The molecule has 0 radical (unpaired) electrons. The molecule has 40 heavy (non-hydrogen) atoms. The van der Waals surface area contributed by atoms with Crippen LogP contribution in [-0.2, 0) is 16.6 Å². The maximum absolute atomic E-state index is 14.1. The van der Waals surface area contributed by atoms with Gasteiger partial charge in [-0.15, -0.1) is 0 Å². The first kappa shape index (κ1) is 28.1. The number of amides is 2. The summed E-state index contributed by atoms with van der Waals surface area (Å²) in [7, 11) is 1.61. The number of carbonyl (C=O) groups excluding carboxylic acids is 2. The number of carbonyl (C=O) groups is 2. The van der Waals surface area contributed by atoms with E-state index in [0.717, 1.165) is 24.1 Å². The molecule has 2 aliphatic rings. The number of rotatable bonds is 4. The summed E-state index contributed by atoms with van der Waals surface area (Å²) in [5, 5.41) is 5.60. The maximum Gasteiger partial charge on any atom is 0.266 e. The zero-order valence-corrected chi connectivity index (χ0v) is 24.1. The standard InChI is InChI=1S/C29H32Cl2N6O3/c1-19(38)37-15-14-35(13-3-4-26(37)20-5-7-21(30)8-6-20)29(40)24-18-36(27-11-12-28(39)34(2)33-27)17-23(24)25-10-9-22(31)16-32-25/h5-12,16,23-24,26H,3-4,13-15,17-18H2,1-2H3/t23-,24-,26+/m1/s1. The van der Waals surface area contributed by atoms with E-state index in [2.05, 4.69) is 10.1 Å². The molecule has 2 fully saturated rings. The summed E-state index contributed by atoms with van der Waals surface area (Å²) in [6.45, 7) is 4.04. The second kappa shape index (κ2) is 12.0. The number of pyridine rings is 1. The van der Waals surface area contributed by atoms with Crippen molar-refractivity contribution in [3.63, 3.8) is 0 Å². The molecule has 2 saturated heterocycles. The summed E-state index contributed by atoms with van der Waals surface area (Å²) in [4.78, 5) is 49.1. The predicted molar refractivity (Wildman–Crippen MR) is 155 cm³/mol. The average Bonchev–Trinajstić information content (AvgIpc) is 3.36. The number of anilines is 1. The normalized spacial score (nSPS) is 21.7. The number of hydrogen-bond acceptors (Lipinski definition) is 6. The van der Waals surface area contributed by atoms with Gasteiger partial charge in [0.15, 0.2) is 0 Å². The molecule has 9 nitrogen and oxygen atoms in total. The van der Waals surface area contributed by atoms with E-state index < -0.39 is 0 Å². The Bertz CT molecular complexity index is 1430. The highest BCUT2D eigenvalue weighted by molar-refractivity contribution is 6.30. The van der Waals surface area contributed by atoms with Gasteiger partial charge in [0.25, 0.3) is 5.56 Å². The number of halogens is 2. The van der Waals surface area contributed by atoms with Crippen LogP contribution in [0.25, 0.3) is 0 Å². The highest BCUT2D eigenvalue weighted by Gasteiger charge is 2.42. The van der Waals surface area contributed by atoms with Crippen LogP contribution in [0.5, 0.6) is 0 Å². The third-order valence-electron chi connectivity index (χ3n) is 7.90. The molecule has 1 aromatic carbocycles. The first-order valence-electron chi connectivity index (χ1n) is 13.4. The van der Waals surface area contributed by atoms with Gasteiger partial charge in [0.1, 0.15) is 5.82 Å². The third-order valence-corrected chi connectivity index (χ3v) is 8.38. The first-order valence-corrected chi connectivity index (χ1v) is 14.2. The minimum absolute atomic E-state index is 0.0229. The van der Waals surface area contributed by atoms with Gasteiger partial charge in [-0.05, 0) is 48.7 Å². The molecule has 2 aliphatic heterocycles. The third kappa shape index (κ3) is 6.00. The predicted octanol–water partition coefficient (Wildman–Crippen LogP) is 3.91. The molecule has 0 saturated carbocycles. The molecule has 0 spiro atoms. The van der Waals surface area contributed by atoms with E-state index in [1.54, 1.807) is 32.3 Å². The summed E-state index contributed by atoms with van der Waals surface area (Å²) in [6.07, 6.45) is 3.10.